The summed E-state index contributed by atoms with van der Waals surface area (Å²) in [5.41, 5.74) is 7.35. The molecule has 5 nitrogen and oxygen atoms in total. The number of nitrogens with two attached hydrogens (primary N) is 1. The fourth-order valence-electron chi connectivity index (χ4n) is 1.63. The Bertz CT molecular complexity index is 643. The first-order valence-electron chi connectivity index (χ1n) is 5.62. The highest BCUT2D eigenvalue weighted by molar-refractivity contribution is 9.11. The summed E-state index contributed by atoms with van der Waals surface area (Å²) in [7, 11) is 3.05. The molecule has 0 atom stereocenters. The molecule has 0 aliphatic rings. The summed E-state index contributed by atoms with van der Waals surface area (Å²) >= 11 is 4.76. The molecule has 0 saturated heterocycles. The van der Waals surface area contributed by atoms with Crippen molar-refractivity contribution >= 4 is 44.5 Å². The molecule has 0 radical (unpaired) electrons. The number of thiophene rings is 1. The molecule has 0 bridgehead atoms. The van der Waals surface area contributed by atoms with Crippen molar-refractivity contribution in [2.24, 2.45) is 0 Å². The van der Waals surface area contributed by atoms with Crippen LogP contribution >= 0.6 is 27.3 Å². The molecule has 0 unspecified atom stereocenters. The van der Waals surface area contributed by atoms with Crippen LogP contribution in [0.5, 0.6) is 11.5 Å². The lowest BCUT2D eigenvalue weighted by Gasteiger charge is -2.13. The topological polar surface area (TPSA) is 73.6 Å². The standard InChI is InChI=1S/C13H13BrN2O3S/c1-18-10-4-8(15)9(5-11(10)19-2)16-13(17)7-3-12(14)20-6-7/h3-6H,15H2,1-2H3,(H,16,17). The molecule has 0 aliphatic carbocycles. The van der Waals surface area contributed by atoms with E-state index in [1.807, 2.05) is 0 Å². The highest BCUT2D eigenvalue weighted by Crippen LogP contribution is 2.35. The maximum Gasteiger partial charge on any atom is 0.256 e. The Morgan fingerprint density at radius 1 is 1.25 bits per heavy atom. The van der Waals surface area contributed by atoms with Crippen molar-refractivity contribution < 1.29 is 14.3 Å². The Morgan fingerprint density at radius 2 is 1.90 bits per heavy atom. The van der Waals surface area contributed by atoms with Crippen molar-refractivity contribution in [3.63, 3.8) is 0 Å². The van der Waals surface area contributed by atoms with Crippen LogP contribution in [0.25, 0.3) is 0 Å². The van der Waals surface area contributed by atoms with E-state index < -0.39 is 0 Å². The van der Waals surface area contributed by atoms with Gasteiger partial charge < -0.3 is 20.5 Å². The Kier molecular flexibility index (Phi) is 4.51. The Labute approximate surface area is 128 Å². The summed E-state index contributed by atoms with van der Waals surface area (Å²) in [6.07, 6.45) is 0. The lowest BCUT2D eigenvalue weighted by atomic mass is 10.2. The van der Waals surface area contributed by atoms with Crippen LogP contribution < -0.4 is 20.5 Å². The highest BCUT2D eigenvalue weighted by atomic mass is 79.9. The van der Waals surface area contributed by atoms with Crippen LogP contribution in [0.15, 0.2) is 27.4 Å². The zero-order chi connectivity index (χ0) is 14.7. The molecule has 0 spiro atoms. The number of hydrogen-bond acceptors (Lipinski definition) is 5. The molecule has 20 heavy (non-hydrogen) atoms. The SMILES string of the molecule is COc1cc(N)c(NC(=O)c2csc(Br)c2)cc1OC. The number of hydrogen-bond donors (Lipinski definition) is 2. The van der Waals surface area contributed by atoms with Crippen molar-refractivity contribution in [1.29, 1.82) is 0 Å². The van der Waals surface area contributed by atoms with Crippen LogP contribution in [0.1, 0.15) is 10.4 Å². The van der Waals surface area contributed by atoms with E-state index in [9.17, 15) is 4.79 Å². The number of carbonyl (C=O) groups is 1. The van der Waals surface area contributed by atoms with E-state index in [-0.39, 0.29) is 5.91 Å². The van der Waals surface area contributed by atoms with Crippen LogP contribution in [-0.4, -0.2) is 20.1 Å². The van der Waals surface area contributed by atoms with Gasteiger partial charge in [-0.2, -0.15) is 0 Å². The normalized spacial score (nSPS) is 10.2. The van der Waals surface area contributed by atoms with Crippen LogP contribution in [0, 0.1) is 0 Å². The molecule has 2 rings (SSSR count). The molecule has 1 amide bonds. The van der Waals surface area contributed by atoms with Crippen LogP contribution in [-0.2, 0) is 0 Å². The molecular formula is C13H13BrN2O3S. The van der Waals surface area contributed by atoms with E-state index in [2.05, 4.69) is 21.2 Å². The Morgan fingerprint density at radius 3 is 2.45 bits per heavy atom. The number of ether oxygens (including phenoxy) is 2. The number of nitrogens with one attached hydrogen (secondary N) is 1. The summed E-state index contributed by atoms with van der Waals surface area (Å²) in [6.45, 7) is 0. The molecule has 1 heterocycles. The van der Waals surface area contributed by atoms with Crippen molar-refractivity contribution in [3.05, 3.63) is 32.9 Å². The molecule has 0 saturated carbocycles. The highest BCUT2D eigenvalue weighted by Gasteiger charge is 2.13. The van der Waals surface area contributed by atoms with Gasteiger partial charge in [-0.25, -0.2) is 0 Å². The van der Waals surface area contributed by atoms with Gasteiger partial charge in [0, 0.05) is 17.5 Å². The maximum absolute atomic E-state index is 12.1. The quantitative estimate of drug-likeness (QED) is 0.823. The number of amides is 1. The number of carbonyl (C=O) groups excluding carboxylic acids is 1. The second kappa shape index (κ2) is 6.15. The Hall–Kier alpha value is -1.73. The number of rotatable bonds is 4. The summed E-state index contributed by atoms with van der Waals surface area (Å²) in [5.74, 6) is 0.788. The van der Waals surface area contributed by atoms with E-state index in [1.165, 1.54) is 25.6 Å². The summed E-state index contributed by atoms with van der Waals surface area (Å²) in [6, 6.07) is 4.99. The number of methoxy groups -OCH3 is 2. The van der Waals surface area contributed by atoms with E-state index in [0.29, 0.717) is 28.4 Å². The largest absolute Gasteiger partial charge is 0.493 e. The minimum absolute atomic E-state index is 0.231. The molecule has 0 aliphatic heterocycles. The van der Waals surface area contributed by atoms with E-state index in [4.69, 9.17) is 15.2 Å². The fraction of sp³-hybridized carbons (Fsp3) is 0.154. The Balaban J connectivity index is 2.27. The second-order valence-electron chi connectivity index (χ2n) is 3.89. The van der Waals surface area contributed by atoms with Gasteiger partial charge in [0.05, 0.1) is 34.9 Å². The molecule has 1 aromatic carbocycles. The zero-order valence-corrected chi connectivity index (χ0v) is 13.3. The predicted octanol–water partition coefficient (Wildman–Crippen LogP) is 3.36. The third-order valence-electron chi connectivity index (χ3n) is 2.63. The van der Waals surface area contributed by atoms with Gasteiger partial charge in [-0.05, 0) is 22.0 Å². The lowest BCUT2D eigenvalue weighted by Crippen LogP contribution is -2.12. The first kappa shape index (κ1) is 14.7. The van der Waals surface area contributed by atoms with Gasteiger partial charge in [0.25, 0.3) is 5.91 Å². The third kappa shape index (κ3) is 3.05. The van der Waals surface area contributed by atoms with E-state index in [1.54, 1.807) is 23.6 Å². The van der Waals surface area contributed by atoms with Crippen LogP contribution in [0.4, 0.5) is 11.4 Å². The first-order valence-corrected chi connectivity index (χ1v) is 7.29. The van der Waals surface area contributed by atoms with Crippen molar-refractivity contribution in [3.8, 4) is 11.5 Å². The average Bonchev–Trinajstić information content (AvgIpc) is 2.87. The van der Waals surface area contributed by atoms with E-state index >= 15 is 0 Å². The van der Waals surface area contributed by atoms with Crippen LogP contribution in [0.2, 0.25) is 0 Å². The maximum atomic E-state index is 12.1. The molecule has 1 aromatic heterocycles. The van der Waals surface area contributed by atoms with Gasteiger partial charge >= 0.3 is 0 Å². The van der Waals surface area contributed by atoms with Gasteiger partial charge in [0.15, 0.2) is 11.5 Å². The first-order chi connectivity index (χ1) is 9.55. The molecular weight excluding hydrogens is 344 g/mol. The zero-order valence-electron chi connectivity index (χ0n) is 10.9. The van der Waals surface area contributed by atoms with E-state index in [0.717, 1.165) is 3.79 Å². The smallest absolute Gasteiger partial charge is 0.256 e. The van der Waals surface area contributed by atoms with Gasteiger partial charge in [-0.3, -0.25) is 4.79 Å². The average molecular weight is 357 g/mol. The van der Waals surface area contributed by atoms with Gasteiger partial charge in [0.1, 0.15) is 0 Å². The van der Waals surface area contributed by atoms with Crippen LogP contribution in [0.3, 0.4) is 0 Å². The fourth-order valence-corrected chi connectivity index (χ4v) is 2.76. The minimum atomic E-state index is -0.231. The molecule has 0 fully saturated rings. The van der Waals surface area contributed by atoms with Gasteiger partial charge in [-0.15, -0.1) is 11.3 Å². The van der Waals surface area contributed by atoms with Crippen molar-refractivity contribution in [2.75, 3.05) is 25.3 Å². The predicted molar refractivity (Wildman–Crippen MR) is 83.9 cm³/mol. The monoisotopic (exact) mass is 356 g/mol. The molecule has 7 heteroatoms. The number of benzene rings is 1. The molecule has 106 valence electrons. The number of nitrogen functional groups attached to an aromatic ring is 1. The number of halogens is 1. The summed E-state index contributed by atoms with van der Waals surface area (Å²) in [4.78, 5) is 12.1. The summed E-state index contributed by atoms with van der Waals surface area (Å²) < 4.78 is 11.2. The van der Waals surface area contributed by atoms with Gasteiger partial charge in [0.2, 0.25) is 0 Å². The third-order valence-corrected chi connectivity index (χ3v) is 4.14. The van der Waals surface area contributed by atoms with Crippen molar-refractivity contribution in [1.82, 2.24) is 0 Å². The van der Waals surface area contributed by atoms with Crippen molar-refractivity contribution in [2.45, 2.75) is 0 Å². The second-order valence-corrected chi connectivity index (χ2v) is 6.18. The lowest BCUT2D eigenvalue weighted by molar-refractivity contribution is 0.102. The minimum Gasteiger partial charge on any atom is -0.493 e. The molecule has 3 N–H and O–H groups in total. The molecule has 2 aromatic rings. The van der Waals surface area contributed by atoms with Gasteiger partial charge in [-0.1, -0.05) is 0 Å². The summed E-state index contributed by atoms with van der Waals surface area (Å²) in [5, 5.41) is 4.51. The number of anilines is 2.